The third-order valence-electron chi connectivity index (χ3n) is 4.74. The summed E-state index contributed by atoms with van der Waals surface area (Å²) in [6.07, 6.45) is 1.84. The maximum absolute atomic E-state index is 6.23. The van der Waals surface area contributed by atoms with Crippen molar-refractivity contribution >= 4 is 12.6 Å². The predicted molar refractivity (Wildman–Crippen MR) is 90.1 cm³/mol. The highest BCUT2D eigenvalue weighted by Crippen LogP contribution is 2.37. The van der Waals surface area contributed by atoms with Crippen LogP contribution in [0.4, 0.5) is 0 Å². The van der Waals surface area contributed by atoms with Crippen LogP contribution in [0.2, 0.25) is 0 Å². The number of nitrogens with zero attached hydrogens (tertiary/aromatic N) is 1. The summed E-state index contributed by atoms with van der Waals surface area (Å²) < 4.78 is 12.5. The Balaban J connectivity index is 2.09. The highest BCUT2D eigenvalue weighted by molar-refractivity contribution is 6.64. The molecule has 0 bridgehead atoms. The summed E-state index contributed by atoms with van der Waals surface area (Å²) in [5, 5.41) is 0. The van der Waals surface area contributed by atoms with Gasteiger partial charge in [-0.25, -0.2) is 0 Å². The summed E-state index contributed by atoms with van der Waals surface area (Å²) in [6.45, 7) is 10.4. The lowest BCUT2D eigenvalue weighted by Crippen LogP contribution is -2.41. The van der Waals surface area contributed by atoms with Gasteiger partial charge in [-0.2, -0.15) is 0 Å². The molecule has 3 nitrogen and oxygen atoms in total. The van der Waals surface area contributed by atoms with E-state index in [0.717, 1.165) is 22.3 Å². The van der Waals surface area contributed by atoms with Crippen LogP contribution in [-0.4, -0.2) is 23.3 Å². The molecule has 0 spiro atoms. The van der Waals surface area contributed by atoms with Crippen LogP contribution < -0.4 is 5.46 Å². The van der Waals surface area contributed by atoms with Crippen molar-refractivity contribution in [2.24, 2.45) is 0 Å². The summed E-state index contributed by atoms with van der Waals surface area (Å²) in [5.74, 6) is 0. The maximum atomic E-state index is 6.23. The fourth-order valence-electron chi connectivity index (χ4n) is 2.65. The van der Waals surface area contributed by atoms with Gasteiger partial charge in [-0.1, -0.05) is 30.3 Å². The molecule has 4 heteroatoms. The molecule has 0 amide bonds. The molecule has 2 aromatic rings. The number of pyridine rings is 1. The van der Waals surface area contributed by atoms with Gasteiger partial charge in [-0.05, 0) is 51.8 Å². The minimum atomic E-state index is -0.395. The van der Waals surface area contributed by atoms with Crippen LogP contribution >= 0.6 is 0 Å². The molecule has 1 saturated heterocycles. The topological polar surface area (TPSA) is 31.4 Å². The van der Waals surface area contributed by atoms with Gasteiger partial charge in [0.2, 0.25) is 0 Å². The van der Waals surface area contributed by atoms with Crippen molar-refractivity contribution in [2.45, 2.75) is 45.8 Å². The first-order valence-corrected chi connectivity index (χ1v) is 7.68. The quantitative estimate of drug-likeness (QED) is 0.796. The van der Waals surface area contributed by atoms with Crippen LogP contribution in [0.15, 0.2) is 42.6 Å². The van der Waals surface area contributed by atoms with Crippen LogP contribution in [0.3, 0.4) is 0 Å². The molecule has 1 fully saturated rings. The fraction of sp³-hybridized carbons (Fsp3) is 0.389. The zero-order valence-corrected chi connectivity index (χ0v) is 13.9. The smallest absolute Gasteiger partial charge is 0.399 e. The Morgan fingerprint density at radius 1 is 0.909 bits per heavy atom. The largest absolute Gasteiger partial charge is 0.497 e. The van der Waals surface area contributed by atoms with Crippen LogP contribution in [0, 0.1) is 6.92 Å². The van der Waals surface area contributed by atoms with E-state index in [0.29, 0.717) is 0 Å². The standard InChI is InChI=1S/C18H22BNO2/c1-13-11-12-20-16(14-9-7-6-8-10-14)15(13)19-21-17(2,3)18(4,5)22-19/h6-12H,1-5H3. The van der Waals surface area contributed by atoms with Crippen molar-refractivity contribution in [1.82, 2.24) is 4.98 Å². The minimum absolute atomic E-state index is 0.353. The molecule has 22 heavy (non-hydrogen) atoms. The van der Waals surface area contributed by atoms with E-state index in [1.54, 1.807) is 0 Å². The third-order valence-corrected chi connectivity index (χ3v) is 4.74. The molecular weight excluding hydrogens is 273 g/mol. The second kappa shape index (κ2) is 5.22. The van der Waals surface area contributed by atoms with Gasteiger partial charge in [0.15, 0.2) is 0 Å². The first kappa shape index (κ1) is 15.3. The van der Waals surface area contributed by atoms with E-state index in [1.807, 2.05) is 30.5 Å². The number of aromatic nitrogens is 1. The van der Waals surface area contributed by atoms with E-state index < -0.39 is 7.12 Å². The van der Waals surface area contributed by atoms with Crippen LogP contribution in [-0.2, 0) is 9.31 Å². The lowest BCUT2D eigenvalue weighted by Gasteiger charge is -2.32. The SMILES string of the molecule is Cc1ccnc(-c2ccccc2)c1B1OC(C)(C)C(C)(C)O1. The van der Waals surface area contributed by atoms with Crippen molar-refractivity contribution in [1.29, 1.82) is 0 Å². The van der Waals surface area contributed by atoms with E-state index in [2.05, 4.69) is 51.7 Å². The van der Waals surface area contributed by atoms with Gasteiger partial charge in [0.25, 0.3) is 0 Å². The molecule has 0 aliphatic carbocycles. The maximum Gasteiger partial charge on any atom is 0.497 e. The Bertz CT molecular complexity index is 667. The lowest BCUT2D eigenvalue weighted by molar-refractivity contribution is 0.00578. The lowest BCUT2D eigenvalue weighted by atomic mass is 9.74. The van der Waals surface area contributed by atoms with Crippen LogP contribution in [0.1, 0.15) is 33.3 Å². The summed E-state index contributed by atoms with van der Waals surface area (Å²) in [4.78, 5) is 4.59. The third kappa shape index (κ3) is 2.47. The second-order valence-electron chi connectivity index (χ2n) is 6.84. The van der Waals surface area contributed by atoms with E-state index in [1.165, 1.54) is 0 Å². The molecule has 2 heterocycles. The Hall–Kier alpha value is -1.65. The first-order chi connectivity index (χ1) is 10.3. The van der Waals surface area contributed by atoms with E-state index in [-0.39, 0.29) is 11.2 Å². The zero-order chi connectivity index (χ0) is 16.0. The van der Waals surface area contributed by atoms with E-state index >= 15 is 0 Å². The van der Waals surface area contributed by atoms with Crippen molar-refractivity contribution in [3.05, 3.63) is 48.2 Å². The van der Waals surface area contributed by atoms with E-state index in [9.17, 15) is 0 Å². The minimum Gasteiger partial charge on any atom is -0.399 e. The molecule has 3 rings (SSSR count). The highest BCUT2D eigenvalue weighted by atomic mass is 16.7. The van der Waals surface area contributed by atoms with E-state index in [4.69, 9.17) is 9.31 Å². The highest BCUT2D eigenvalue weighted by Gasteiger charge is 2.52. The predicted octanol–water partition coefficient (Wildman–Crippen LogP) is 3.36. The van der Waals surface area contributed by atoms with Crippen molar-refractivity contribution in [2.75, 3.05) is 0 Å². The molecule has 0 saturated carbocycles. The van der Waals surface area contributed by atoms with Crippen LogP contribution in [0.25, 0.3) is 11.3 Å². The second-order valence-corrected chi connectivity index (χ2v) is 6.84. The van der Waals surface area contributed by atoms with Gasteiger partial charge in [0.1, 0.15) is 0 Å². The van der Waals surface area contributed by atoms with Gasteiger partial charge in [0, 0.05) is 11.7 Å². The Morgan fingerprint density at radius 3 is 2.09 bits per heavy atom. The normalized spacial score (nSPS) is 19.4. The monoisotopic (exact) mass is 295 g/mol. The molecular formula is C18H22BNO2. The van der Waals surface area contributed by atoms with Gasteiger partial charge >= 0.3 is 7.12 Å². The fourth-order valence-corrected chi connectivity index (χ4v) is 2.65. The first-order valence-electron chi connectivity index (χ1n) is 7.68. The molecule has 1 aromatic heterocycles. The van der Waals surface area contributed by atoms with Gasteiger partial charge in [-0.15, -0.1) is 0 Å². The average Bonchev–Trinajstić information content (AvgIpc) is 2.67. The molecule has 1 aliphatic heterocycles. The molecule has 114 valence electrons. The molecule has 0 atom stereocenters. The van der Waals surface area contributed by atoms with Crippen LogP contribution in [0.5, 0.6) is 0 Å². The molecule has 0 N–H and O–H groups in total. The Kier molecular flexibility index (Phi) is 3.62. The van der Waals surface area contributed by atoms with Gasteiger partial charge in [0.05, 0.1) is 16.9 Å². The summed E-state index contributed by atoms with van der Waals surface area (Å²) in [6, 6.07) is 12.2. The average molecular weight is 295 g/mol. The molecule has 1 aromatic carbocycles. The number of hydrogen-bond acceptors (Lipinski definition) is 3. The number of hydrogen-bond donors (Lipinski definition) is 0. The van der Waals surface area contributed by atoms with Crippen molar-refractivity contribution in [3.8, 4) is 11.3 Å². The number of aryl methyl sites for hydroxylation is 1. The zero-order valence-electron chi connectivity index (χ0n) is 13.9. The number of benzene rings is 1. The number of rotatable bonds is 2. The molecule has 1 aliphatic rings. The Labute approximate surface area is 132 Å². The van der Waals surface area contributed by atoms with Gasteiger partial charge < -0.3 is 9.31 Å². The summed E-state index contributed by atoms with van der Waals surface area (Å²) in [7, 11) is -0.395. The Morgan fingerprint density at radius 2 is 1.50 bits per heavy atom. The summed E-state index contributed by atoms with van der Waals surface area (Å²) >= 11 is 0. The summed E-state index contributed by atoms with van der Waals surface area (Å²) in [5.41, 5.74) is 3.46. The van der Waals surface area contributed by atoms with Crippen molar-refractivity contribution < 1.29 is 9.31 Å². The molecule has 0 unspecified atom stereocenters. The molecule has 0 radical (unpaired) electrons. The van der Waals surface area contributed by atoms with Gasteiger partial charge in [-0.3, -0.25) is 4.98 Å². The van der Waals surface area contributed by atoms with Crippen molar-refractivity contribution in [3.63, 3.8) is 0 Å².